The highest BCUT2D eigenvalue weighted by atomic mass is 35.5. The lowest BCUT2D eigenvalue weighted by Gasteiger charge is -2.34. The Morgan fingerprint density at radius 1 is 1.24 bits per heavy atom. The van der Waals surface area contributed by atoms with Crippen LogP contribution in [0.15, 0.2) is 18.5 Å². The lowest BCUT2D eigenvalue weighted by molar-refractivity contribution is 0.0562. The number of nitrogens with zero attached hydrogens (tertiary/aromatic N) is 3. The van der Waals surface area contributed by atoms with Crippen molar-refractivity contribution in [3.63, 3.8) is 0 Å². The molecule has 1 unspecified atom stereocenters. The molecule has 3 heterocycles. The van der Waals surface area contributed by atoms with Crippen LogP contribution in [-0.2, 0) is 0 Å². The lowest BCUT2D eigenvalue weighted by atomic mass is 9.85. The number of anilines is 1. The molecule has 1 saturated heterocycles. The summed E-state index contributed by atoms with van der Waals surface area (Å²) in [4.78, 5) is 11.1. The average Bonchev–Trinajstić information content (AvgIpc) is 2.34. The van der Waals surface area contributed by atoms with Crippen molar-refractivity contribution in [2.24, 2.45) is 0 Å². The highest BCUT2D eigenvalue weighted by Gasteiger charge is 2.27. The summed E-state index contributed by atoms with van der Waals surface area (Å²) < 4.78 is 0. The van der Waals surface area contributed by atoms with Gasteiger partial charge in [-0.25, -0.2) is 9.97 Å². The van der Waals surface area contributed by atoms with Gasteiger partial charge in [-0.15, -0.1) is 0 Å². The largest absolute Gasteiger partial charge is 0.390 e. The minimum atomic E-state index is -0.817. The molecule has 1 atom stereocenters. The highest BCUT2D eigenvalue weighted by Crippen LogP contribution is 2.36. The molecule has 0 radical (unpaired) electrons. The Morgan fingerprint density at radius 3 is 2.52 bits per heavy atom. The van der Waals surface area contributed by atoms with Crippen LogP contribution >= 0.6 is 11.6 Å². The van der Waals surface area contributed by atoms with Gasteiger partial charge in [-0.3, -0.25) is 0 Å². The molecular formula is C16H20ClN3O. The molecule has 0 aromatic carbocycles. The van der Waals surface area contributed by atoms with Crippen LogP contribution in [0.2, 0.25) is 5.15 Å². The van der Waals surface area contributed by atoms with Gasteiger partial charge in [0.25, 0.3) is 0 Å². The van der Waals surface area contributed by atoms with Crippen molar-refractivity contribution in [1.29, 1.82) is 0 Å². The summed E-state index contributed by atoms with van der Waals surface area (Å²) in [7, 11) is 0. The van der Waals surface area contributed by atoms with E-state index in [0.29, 0.717) is 5.15 Å². The fourth-order valence-corrected chi connectivity index (χ4v) is 2.78. The minimum Gasteiger partial charge on any atom is -0.390 e. The quantitative estimate of drug-likeness (QED) is 0.883. The first-order chi connectivity index (χ1) is 9.88. The molecule has 2 aromatic rings. The van der Waals surface area contributed by atoms with Gasteiger partial charge in [0.2, 0.25) is 0 Å². The van der Waals surface area contributed by atoms with Crippen LogP contribution in [0.1, 0.15) is 38.7 Å². The van der Waals surface area contributed by atoms with Crippen LogP contribution in [0.3, 0.4) is 0 Å². The van der Waals surface area contributed by atoms with Gasteiger partial charge >= 0.3 is 0 Å². The Kier molecular flexibility index (Phi) is 3.54. The molecule has 1 fully saturated rings. The van der Waals surface area contributed by atoms with Crippen LogP contribution in [0, 0.1) is 0 Å². The van der Waals surface area contributed by atoms with Crippen LogP contribution in [0.25, 0.3) is 10.8 Å². The van der Waals surface area contributed by atoms with Gasteiger partial charge in [0.05, 0.1) is 5.60 Å². The number of hydrogen-bond donors (Lipinski definition) is 1. The first-order valence-electron chi connectivity index (χ1n) is 7.29. The summed E-state index contributed by atoms with van der Waals surface area (Å²) in [5, 5.41) is 12.8. The number of aliphatic hydroxyl groups is 1. The maximum absolute atomic E-state index is 10.3. The third-order valence-electron chi connectivity index (χ3n) is 4.43. The molecule has 112 valence electrons. The zero-order valence-electron chi connectivity index (χ0n) is 12.6. The van der Waals surface area contributed by atoms with E-state index in [1.54, 1.807) is 6.20 Å². The number of fused-ring (bicyclic) bond motifs is 1. The highest BCUT2D eigenvalue weighted by molar-refractivity contribution is 6.30. The second-order valence-electron chi connectivity index (χ2n) is 6.31. The summed E-state index contributed by atoms with van der Waals surface area (Å²) in [5.41, 5.74) is 0.189. The SMILES string of the molecule is CC(c1cnc(N2CCC2)c2cnc(Cl)cc12)C(C)(C)O. The van der Waals surface area contributed by atoms with E-state index in [9.17, 15) is 5.11 Å². The molecule has 1 aliphatic heterocycles. The van der Waals surface area contributed by atoms with E-state index >= 15 is 0 Å². The minimum absolute atomic E-state index is 0.0450. The third kappa shape index (κ3) is 2.58. The van der Waals surface area contributed by atoms with Crippen molar-refractivity contribution in [2.75, 3.05) is 18.0 Å². The third-order valence-corrected chi connectivity index (χ3v) is 4.64. The molecule has 0 bridgehead atoms. The standard InChI is InChI=1S/C16H20ClN3O/c1-10(16(2,3)21)12-8-19-15(20-5-4-6-20)13-9-18-14(17)7-11(12)13/h7-10,21H,4-6H2,1-3H3. The zero-order valence-corrected chi connectivity index (χ0v) is 13.4. The monoisotopic (exact) mass is 305 g/mol. The van der Waals surface area contributed by atoms with Gasteiger partial charge in [0.15, 0.2) is 0 Å². The number of rotatable bonds is 3. The van der Waals surface area contributed by atoms with Crippen LogP contribution in [0.4, 0.5) is 5.82 Å². The fourth-order valence-electron chi connectivity index (χ4n) is 2.62. The van der Waals surface area contributed by atoms with Crippen molar-refractivity contribution in [1.82, 2.24) is 9.97 Å². The maximum Gasteiger partial charge on any atom is 0.137 e. The fraction of sp³-hybridized carbons (Fsp3) is 0.500. The molecule has 0 saturated carbocycles. The van der Waals surface area contributed by atoms with Crippen molar-refractivity contribution >= 4 is 28.2 Å². The Labute approximate surface area is 129 Å². The summed E-state index contributed by atoms with van der Waals surface area (Å²) >= 11 is 6.08. The number of aromatic nitrogens is 2. The number of pyridine rings is 2. The van der Waals surface area contributed by atoms with E-state index in [1.165, 1.54) is 6.42 Å². The smallest absolute Gasteiger partial charge is 0.137 e. The Bertz CT molecular complexity index is 677. The molecule has 2 aromatic heterocycles. The van der Waals surface area contributed by atoms with Crippen molar-refractivity contribution < 1.29 is 5.11 Å². The molecule has 4 nitrogen and oxygen atoms in total. The molecule has 21 heavy (non-hydrogen) atoms. The Morgan fingerprint density at radius 2 is 1.95 bits per heavy atom. The summed E-state index contributed by atoms with van der Waals surface area (Å²) in [6, 6.07) is 1.87. The predicted molar refractivity (Wildman–Crippen MR) is 86.1 cm³/mol. The molecule has 0 amide bonds. The van der Waals surface area contributed by atoms with Crippen molar-refractivity contribution in [3.8, 4) is 0 Å². The molecule has 1 N–H and O–H groups in total. The molecule has 1 aliphatic rings. The van der Waals surface area contributed by atoms with E-state index in [-0.39, 0.29) is 5.92 Å². The molecule has 3 rings (SSSR count). The zero-order chi connectivity index (χ0) is 15.2. The van der Waals surface area contributed by atoms with Crippen molar-refractivity contribution in [3.05, 3.63) is 29.2 Å². The molecular weight excluding hydrogens is 286 g/mol. The molecule has 0 spiro atoms. The predicted octanol–water partition coefficient (Wildman–Crippen LogP) is 3.37. The molecule has 5 heteroatoms. The summed E-state index contributed by atoms with van der Waals surface area (Å²) in [6.07, 6.45) is 4.86. The average molecular weight is 306 g/mol. The Balaban J connectivity index is 2.20. The Hall–Kier alpha value is -1.39. The topological polar surface area (TPSA) is 49.2 Å². The van der Waals surface area contributed by atoms with E-state index in [0.717, 1.165) is 35.2 Å². The van der Waals surface area contributed by atoms with Crippen LogP contribution < -0.4 is 4.90 Å². The second kappa shape index (κ2) is 5.11. The van der Waals surface area contributed by atoms with Crippen LogP contribution in [0.5, 0.6) is 0 Å². The van der Waals surface area contributed by atoms with Gasteiger partial charge < -0.3 is 10.0 Å². The lowest BCUT2D eigenvalue weighted by Crippen LogP contribution is -2.38. The van der Waals surface area contributed by atoms with E-state index < -0.39 is 5.60 Å². The first-order valence-corrected chi connectivity index (χ1v) is 7.67. The van der Waals surface area contributed by atoms with E-state index in [2.05, 4.69) is 14.9 Å². The maximum atomic E-state index is 10.3. The first kappa shape index (κ1) is 14.5. The van der Waals surface area contributed by atoms with E-state index in [1.807, 2.05) is 33.0 Å². The second-order valence-corrected chi connectivity index (χ2v) is 6.69. The van der Waals surface area contributed by atoms with Crippen molar-refractivity contribution in [2.45, 2.75) is 38.7 Å². The molecule has 0 aliphatic carbocycles. The number of hydrogen-bond acceptors (Lipinski definition) is 4. The van der Waals surface area contributed by atoms with E-state index in [4.69, 9.17) is 11.6 Å². The van der Waals surface area contributed by atoms with Gasteiger partial charge in [-0.1, -0.05) is 18.5 Å². The summed E-state index contributed by atoms with van der Waals surface area (Å²) in [5.74, 6) is 0.920. The van der Waals surface area contributed by atoms with Crippen LogP contribution in [-0.4, -0.2) is 33.8 Å². The normalized spacial score (nSPS) is 16.9. The number of halogens is 1. The summed E-state index contributed by atoms with van der Waals surface area (Å²) in [6.45, 7) is 7.70. The van der Waals surface area contributed by atoms with Gasteiger partial charge in [0.1, 0.15) is 11.0 Å². The van der Waals surface area contributed by atoms with Gasteiger partial charge in [-0.05, 0) is 37.3 Å². The van der Waals surface area contributed by atoms with Gasteiger partial charge in [-0.2, -0.15) is 0 Å². The van der Waals surface area contributed by atoms with Gasteiger partial charge in [0, 0.05) is 36.8 Å².